The van der Waals surface area contributed by atoms with Gasteiger partial charge in [0.25, 0.3) is 0 Å². The number of rotatable bonds is 4. The lowest BCUT2D eigenvalue weighted by molar-refractivity contribution is -0.130. The normalized spacial score (nSPS) is 25.7. The Morgan fingerprint density at radius 1 is 1.22 bits per heavy atom. The molecule has 0 saturated heterocycles. The van der Waals surface area contributed by atoms with Crippen LogP contribution < -0.4 is 5.32 Å². The van der Waals surface area contributed by atoms with Crippen molar-refractivity contribution >= 4 is 17.2 Å². The summed E-state index contributed by atoms with van der Waals surface area (Å²) in [5.74, 6) is 0.585. The molecule has 1 heterocycles. The Kier molecular flexibility index (Phi) is 4.86. The van der Waals surface area contributed by atoms with Crippen LogP contribution in [0.4, 0.5) is 0 Å². The number of benzene rings is 1. The minimum atomic E-state index is -0.352. The molecule has 3 atom stereocenters. The Hall–Kier alpha value is -1.61. The average Bonchev–Trinajstić information content (AvgIpc) is 3.11. The molecule has 1 N–H and O–H groups in total. The highest BCUT2D eigenvalue weighted by Crippen LogP contribution is 2.46. The Morgan fingerprint density at radius 3 is 2.65 bits per heavy atom. The van der Waals surface area contributed by atoms with E-state index in [2.05, 4.69) is 48.8 Å². The van der Waals surface area contributed by atoms with Crippen molar-refractivity contribution in [1.29, 1.82) is 0 Å². The van der Waals surface area contributed by atoms with Gasteiger partial charge in [0.05, 0.1) is 11.5 Å². The predicted molar refractivity (Wildman–Crippen MR) is 96.6 cm³/mol. The van der Waals surface area contributed by atoms with Crippen molar-refractivity contribution in [3.8, 4) is 0 Å². The molecule has 2 nitrogen and oxygen atoms in total. The zero-order chi connectivity index (χ0) is 16.3. The summed E-state index contributed by atoms with van der Waals surface area (Å²) in [6, 6.07) is 14.5. The lowest BCUT2D eigenvalue weighted by atomic mass is 9.65. The lowest BCUT2D eigenvalue weighted by Gasteiger charge is -2.41. The summed E-state index contributed by atoms with van der Waals surface area (Å²) in [5.41, 5.74) is 0.806. The van der Waals surface area contributed by atoms with Gasteiger partial charge in [0, 0.05) is 4.88 Å². The second-order valence-electron chi connectivity index (χ2n) is 6.70. The summed E-state index contributed by atoms with van der Waals surface area (Å²) in [5, 5.41) is 5.38. The third kappa shape index (κ3) is 3.07. The number of hydrogen-bond acceptors (Lipinski definition) is 2. The van der Waals surface area contributed by atoms with Gasteiger partial charge in [-0.05, 0) is 42.7 Å². The zero-order valence-corrected chi connectivity index (χ0v) is 14.7. The van der Waals surface area contributed by atoms with E-state index in [1.165, 1.54) is 11.3 Å². The summed E-state index contributed by atoms with van der Waals surface area (Å²) >= 11 is 1.72. The molecule has 0 radical (unpaired) electrons. The van der Waals surface area contributed by atoms with Gasteiger partial charge in [0.1, 0.15) is 0 Å². The number of carbonyl (C=O) groups is 1. The van der Waals surface area contributed by atoms with Crippen molar-refractivity contribution in [1.82, 2.24) is 5.32 Å². The molecular formula is C20H25NOS. The van der Waals surface area contributed by atoms with Crippen LogP contribution >= 0.6 is 11.3 Å². The van der Waals surface area contributed by atoms with Crippen LogP contribution in [-0.2, 0) is 10.2 Å². The Balaban J connectivity index is 1.87. The first-order valence-electron chi connectivity index (χ1n) is 8.54. The van der Waals surface area contributed by atoms with Crippen LogP contribution in [-0.4, -0.2) is 5.91 Å². The maximum absolute atomic E-state index is 13.3. The molecule has 1 aromatic heterocycles. The highest BCUT2D eigenvalue weighted by molar-refractivity contribution is 7.10. The first kappa shape index (κ1) is 16.3. The third-order valence-corrected chi connectivity index (χ3v) is 6.36. The van der Waals surface area contributed by atoms with Crippen molar-refractivity contribution in [2.45, 2.75) is 51.0 Å². The molecular weight excluding hydrogens is 302 g/mol. The van der Waals surface area contributed by atoms with Crippen LogP contribution in [0.3, 0.4) is 0 Å². The molecule has 122 valence electrons. The minimum absolute atomic E-state index is 0.0367. The number of thiophene rings is 1. The van der Waals surface area contributed by atoms with Gasteiger partial charge in [-0.2, -0.15) is 0 Å². The van der Waals surface area contributed by atoms with Crippen LogP contribution in [0.15, 0.2) is 47.8 Å². The molecule has 1 amide bonds. The van der Waals surface area contributed by atoms with Crippen molar-refractivity contribution in [2.75, 3.05) is 0 Å². The third-order valence-electron chi connectivity index (χ3n) is 5.31. The Labute approximate surface area is 142 Å². The van der Waals surface area contributed by atoms with Crippen LogP contribution in [0.2, 0.25) is 0 Å². The molecule has 1 saturated carbocycles. The fourth-order valence-electron chi connectivity index (χ4n) is 3.85. The highest BCUT2D eigenvalue weighted by Gasteiger charge is 2.47. The summed E-state index contributed by atoms with van der Waals surface area (Å²) in [6.07, 6.45) is 4.46. The fraction of sp³-hybridized carbons (Fsp3) is 0.450. The number of amides is 1. The van der Waals surface area contributed by atoms with Gasteiger partial charge in [0.15, 0.2) is 0 Å². The van der Waals surface area contributed by atoms with E-state index in [9.17, 15) is 4.79 Å². The largest absolute Gasteiger partial charge is 0.349 e. The summed E-state index contributed by atoms with van der Waals surface area (Å²) in [6.45, 7) is 4.31. The van der Waals surface area contributed by atoms with E-state index in [-0.39, 0.29) is 17.4 Å². The van der Waals surface area contributed by atoms with E-state index < -0.39 is 0 Å². The summed E-state index contributed by atoms with van der Waals surface area (Å²) < 4.78 is 0. The molecule has 1 aliphatic rings. The van der Waals surface area contributed by atoms with E-state index in [1.807, 2.05) is 18.2 Å². The van der Waals surface area contributed by atoms with E-state index in [1.54, 1.807) is 11.3 Å². The SMILES string of the molecule is C[C@H](NC(=O)[C@]1(c2cccs2)CCCC[C@@H]1C)c1ccccc1. The molecule has 0 aliphatic heterocycles. The molecule has 0 bridgehead atoms. The number of nitrogens with one attached hydrogen (secondary N) is 1. The first-order valence-corrected chi connectivity index (χ1v) is 9.42. The smallest absolute Gasteiger partial charge is 0.232 e. The van der Waals surface area contributed by atoms with Crippen molar-refractivity contribution in [2.24, 2.45) is 5.92 Å². The lowest BCUT2D eigenvalue weighted by Crippen LogP contribution is -2.50. The van der Waals surface area contributed by atoms with Crippen LogP contribution in [0.5, 0.6) is 0 Å². The zero-order valence-electron chi connectivity index (χ0n) is 13.9. The predicted octanol–water partition coefficient (Wildman–Crippen LogP) is 5.07. The van der Waals surface area contributed by atoms with E-state index >= 15 is 0 Å². The van der Waals surface area contributed by atoms with Gasteiger partial charge in [-0.1, -0.05) is 56.2 Å². The van der Waals surface area contributed by atoms with Crippen molar-refractivity contribution in [3.63, 3.8) is 0 Å². The standard InChI is InChI=1S/C20H25NOS/c1-15-9-6-7-13-20(15,18-12-8-14-23-18)19(22)21-16(2)17-10-4-3-5-11-17/h3-5,8,10-12,14-16H,6-7,9,13H2,1-2H3,(H,21,22)/t15-,16-,20+/m0/s1. The van der Waals surface area contributed by atoms with Gasteiger partial charge in [-0.25, -0.2) is 0 Å². The van der Waals surface area contributed by atoms with Gasteiger partial charge in [0.2, 0.25) is 5.91 Å². The molecule has 23 heavy (non-hydrogen) atoms. The van der Waals surface area contributed by atoms with E-state index in [0.29, 0.717) is 5.92 Å². The molecule has 3 rings (SSSR count). The molecule has 0 unspecified atom stereocenters. The van der Waals surface area contributed by atoms with Crippen LogP contribution in [0, 0.1) is 5.92 Å². The fourth-order valence-corrected chi connectivity index (χ4v) is 4.91. The van der Waals surface area contributed by atoms with Crippen molar-refractivity contribution < 1.29 is 4.79 Å². The van der Waals surface area contributed by atoms with Gasteiger partial charge < -0.3 is 5.32 Å². The monoisotopic (exact) mass is 327 g/mol. The molecule has 1 aliphatic carbocycles. The summed E-state index contributed by atoms with van der Waals surface area (Å²) in [4.78, 5) is 14.5. The average molecular weight is 327 g/mol. The van der Waals surface area contributed by atoms with E-state index in [0.717, 1.165) is 24.8 Å². The van der Waals surface area contributed by atoms with Crippen LogP contribution in [0.1, 0.15) is 56.0 Å². The Morgan fingerprint density at radius 2 is 2.00 bits per heavy atom. The molecule has 1 fully saturated rings. The molecule has 2 aromatic rings. The first-order chi connectivity index (χ1) is 11.1. The van der Waals surface area contributed by atoms with Gasteiger partial charge in [-0.3, -0.25) is 4.79 Å². The minimum Gasteiger partial charge on any atom is -0.349 e. The number of hydrogen-bond donors (Lipinski definition) is 1. The summed E-state index contributed by atoms with van der Waals surface area (Å²) in [7, 11) is 0. The van der Waals surface area contributed by atoms with Gasteiger partial charge >= 0.3 is 0 Å². The van der Waals surface area contributed by atoms with Crippen molar-refractivity contribution in [3.05, 3.63) is 58.3 Å². The maximum Gasteiger partial charge on any atom is 0.232 e. The molecule has 3 heteroatoms. The van der Waals surface area contributed by atoms with Crippen LogP contribution in [0.25, 0.3) is 0 Å². The highest BCUT2D eigenvalue weighted by atomic mass is 32.1. The van der Waals surface area contributed by atoms with Gasteiger partial charge in [-0.15, -0.1) is 11.3 Å². The molecule has 0 spiro atoms. The Bertz CT molecular complexity index is 637. The molecule has 1 aromatic carbocycles. The second kappa shape index (κ2) is 6.88. The topological polar surface area (TPSA) is 29.1 Å². The quantitative estimate of drug-likeness (QED) is 0.834. The number of carbonyl (C=O) groups excluding carboxylic acids is 1. The van der Waals surface area contributed by atoms with E-state index in [4.69, 9.17) is 0 Å². The second-order valence-corrected chi connectivity index (χ2v) is 7.65. The maximum atomic E-state index is 13.3.